The van der Waals surface area contributed by atoms with Crippen molar-refractivity contribution in [2.24, 2.45) is 5.11 Å². The van der Waals surface area contributed by atoms with Crippen molar-refractivity contribution in [1.29, 1.82) is 5.53 Å². The number of aromatic nitrogens is 9. The van der Waals surface area contributed by atoms with Crippen molar-refractivity contribution in [2.75, 3.05) is 0 Å². The molecule has 23 heteroatoms. The number of rotatable bonds is 10. The van der Waals surface area contributed by atoms with Crippen LogP contribution in [-0.4, -0.2) is 72.2 Å². The minimum absolute atomic E-state index is 0.127. The van der Waals surface area contributed by atoms with Crippen LogP contribution in [0.15, 0.2) is 148 Å². The first-order valence-electron chi connectivity index (χ1n) is 19.2. The predicted octanol–water partition coefficient (Wildman–Crippen LogP) is 6.21. The van der Waals surface area contributed by atoms with E-state index in [4.69, 9.17) is 22.2 Å². The highest BCUT2D eigenvalue weighted by Crippen LogP contribution is 2.23. The molecule has 0 saturated heterocycles. The van der Waals surface area contributed by atoms with Gasteiger partial charge in [-0.1, -0.05) is 53.1 Å². The summed E-state index contributed by atoms with van der Waals surface area (Å²) in [5.41, 5.74) is 13.3. The molecule has 6 heterocycles. The maximum absolute atomic E-state index is 12.7. The lowest BCUT2D eigenvalue weighted by atomic mass is 10.2. The number of benzene rings is 3. The van der Waals surface area contributed by atoms with Crippen LogP contribution in [0.25, 0.3) is 33.5 Å². The average molecular weight is 954 g/mol. The SMILES string of the molecule is Cc1ccc(S(=O)(=O)n2ccc3nc(CCl)cnc32)cc1.Cc1ccc(S(=O)(=O)n2ccc3nc(CN=[N+]=N)cnc32)cc1.Cc1ccc(S(=O)(=O)n2ccc3nc(CO)cnc32)cc1. The Hall–Kier alpha value is -7.07. The van der Waals surface area contributed by atoms with Gasteiger partial charge < -0.3 is 5.11 Å². The lowest BCUT2D eigenvalue weighted by Crippen LogP contribution is -2.12. The van der Waals surface area contributed by atoms with Crippen LogP contribution in [0.3, 0.4) is 0 Å². The van der Waals surface area contributed by atoms with Crippen molar-refractivity contribution in [3.8, 4) is 0 Å². The third-order valence-corrected chi connectivity index (χ3v) is 14.9. The lowest BCUT2D eigenvalue weighted by Gasteiger charge is -2.07. The van der Waals surface area contributed by atoms with Crippen molar-refractivity contribution in [3.63, 3.8) is 0 Å². The number of halogens is 1. The summed E-state index contributed by atoms with van der Waals surface area (Å²) in [5, 5.41) is 12.6. The molecule has 2 N–H and O–H groups in total. The van der Waals surface area contributed by atoms with Crippen LogP contribution in [0.5, 0.6) is 0 Å². The van der Waals surface area contributed by atoms with E-state index in [1.54, 1.807) is 91.0 Å². The first kappa shape index (κ1) is 45.9. The van der Waals surface area contributed by atoms with Gasteiger partial charge in [-0.2, -0.15) is 0 Å². The van der Waals surface area contributed by atoms with E-state index in [9.17, 15) is 25.3 Å². The molecule has 0 aliphatic heterocycles. The molecule has 0 unspecified atom stereocenters. The van der Waals surface area contributed by atoms with Crippen molar-refractivity contribution in [3.05, 3.63) is 162 Å². The summed E-state index contributed by atoms with van der Waals surface area (Å²) in [6, 6.07) is 24.7. The van der Waals surface area contributed by atoms with Crippen LogP contribution >= 0.6 is 11.6 Å². The first-order valence-corrected chi connectivity index (χ1v) is 24.1. The molecule has 0 saturated carbocycles. The first-order chi connectivity index (χ1) is 31.1. The van der Waals surface area contributed by atoms with Gasteiger partial charge in [0.1, 0.15) is 27.2 Å². The summed E-state index contributed by atoms with van der Waals surface area (Å²) in [4.78, 5) is 28.6. The van der Waals surface area contributed by atoms with E-state index in [2.05, 4.69) is 39.9 Å². The van der Waals surface area contributed by atoms with Gasteiger partial charge in [-0.25, -0.2) is 67.1 Å². The Kier molecular flexibility index (Phi) is 13.4. The molecule has 6 aromatic heterocycles. The van der Waals surface area contributed by atoms with Crippen LogP contribution in [0.1, 0.15) is 33.8 Å². The third kappa shape index (κ3) is 9.72. The number of aryl methyl sites for hydroxylation is 3. The van der Waals surface area contributed by atoms with Crippen LogP contribution in [-0.2, 0) is 49.1 Å². The minimum Gasteiger partial charge on any atom is -0.390 e. The number of alkyl halides is 1. The summed E-state index contributed by atoms with van der Waals surface area (Å²) in [7, 11) is -11.1. The summed E-state index contributed by atoms with van der Waals surface area (Å²) in [5.74, 6) is 0.235. The molecule has 0 aliphatic rings. The Bertz CT molecular complexity index is 3420. The number of nitrogens with one attached hydrogen (secondary N) is 1. The van der Waals surface area contributed by atoms with Gasteiger partial charge in [0.2, 0.25) is 4.91 Å². The van der Waals surface area contributed by atoms with Gasteiger partial charge in [-0.3, -0.25) is 0 Å². The molecule has 65 heavy (non-hydrogen) atoms. The summed E-state index contributed by atoms with van der Waals surface area (Å²) in [6.07, 6.45) is 8.58. The third-order valence-electron chi connectivity index (χ3n) is 9.55. The van der Waals surface area contributed by atoms with Gasteiger partial charge in [-0.15, -0.1) is 11.6 Å². The molecule has 0 spiro atoms. The molecule has 0 aliphatic carbocycles. The maximum Gasteiger partial charge on any atom is 0.269 e. The number of fused-ring (bicyclic) bond motifs is 3. The van der Waals surface area contributed by atoms with Crippen LogP contribution in [0.2, 0.25) is 0 Å². The maximum atomic E-state index is 12.7. The Balaban J connectivity index is 0.000000146. The van der Waals surface area contributed by atoms with Crippen LogP contribution in [0.4, 0.5) is 0 Å². The second-order valence-corrected chi connectivity index (χ2v) is 19.9. The topological polar surface area (TPSA) is 265 Å². The molecule has 9 aromatic rings. The van der Waals surface area contributed by atoms with Gasteiger partial charge in [0.05, 0.1) is 62.8 Å². The highest BCUT2D eigenvalue weighted by atomic mass is 35.5. The summed E-state index contributed by atoms with van der Waals surface area (Å²) >= 11 is 5.71. The van der Waals surface area contributed by atoms with E-state index in [-0.39, 0.29) is 45.0 Å². The van der Waals surface area contributed by atoms with Crippen molar-refractivity contribution >= 4 is 75.2 Å². The molecule has 19 nitrogen and oxygen atoms in total. The second-order valence-electron chi connectivity index (χ2n) is 14.2. The molecule has 0 atom stereocenters. The molecule has 0 radical (unpaired) electrons. The fraction of sp³-hybridized carbons (Fsp3) is 0.143. The molecular formula is C42H38ClN12O7S3+. The normalized spacial score (nSPS) is 11.7. The summed E-state index contributed by atoms with van der Waals surface area (Å²) in [6.45, 7) is 5.58. The Morgan fingerprint density at radius 1 is 0.538 bits per heavy atom. The smallest absolute Gasteiger partial charge is 0.269 e. The van der Waals surface area contributed by atoms with E-state index in [0.717, 1.165) is 28.6 Å². The van der Waals surface area contributed by atoms with E-state index < -0.39 is 30.1 Å². The second kappa shape index (κ2) is 19.0. The Morgan fingerprint density at radius 2 is 0.862 bits per heavy atom. The van der Waals surface area contributed by atoms with E-state index in [1.807, 2.05) is 20.8 Å². The standard InChI is InChI=1S/C14H12ClN3O2S.C14H13N6O2S.C14H13N3O3S/c1-10-2-4-12(5-3-10)21(19,20)18-7-6-13-14(18)16-9-11(8-15)17-13;1-10-2-4-12(5-3-10)23(21,22)20-7-6-13-14(20)16-8-11(18-13)9-17-19-15;1-10-2-4-12(5-3-10)21(19,20)17-7-6-13-14(17)15-8-11(9-18)16-13/h2-7,9H,8H2,1H3;2-8,15H,9H2,1H3;2-8,18H,9H2,1H3/q;+1;. The molecule has 0 bridgehead atoms. The van der Waals surface area contributed by atoms with Gasteiger partial charge in [0.15, 0.2) is 23.5 Å². The summed E-state index contributed by atoms with van der Waals surface area (Å²) < 4.78 is 79.3. The molecule has 9 rings (SSSR count). The van der Waals surface area contributed by atoms with E-state index in [1.165, 1.54) is 37.2 Å². The number of nitrogens with zero attached hydrogens (tertiary/aromatic N) is 11. The zero-order chi connectivity index (χ0) is 46.5. The zero-order valence-corrected chi connectivity index (χ0v) is 37.9. The molecule has 0 fully saturated rings. The number of aliphatic hydroxyl groups excluding tert-OH is 1. The largest absolute Gasteiger partial charge is 0.390 e. The molecule has 0 amide bonds. The Labute approximate surface area is 377 Å². The predicted molar refractivity (Wildman–Crippen MR) is 240 cm³/mol. The van der Waals surface area contributed by atoms with Gasteiger partial charge in [-0.05, 0) is 75.4 Å². The number of hydrogen-bond donors (Lipinski definition) is 2. The molecule has 3 aromatic carbocycles. The fourth-order valence-electron chi connectivity index (χ4n) is 6.16. The number of hydrogen-bond acceptors (Lipinski definition) is 15. The van der Waals surface area contributed by atoms with Crippen molar-refractivity contribution in [1.82, 2.24) is 46.7 Å². The Morgan fingerprint density at radius 3 is 1.20 bits per heavy atom. The molecular weight excluding hydrogens is 916 g/mol. The van der Waals surface area contributed by atoms with Gasteiger partial charge in [0, 0.05) is 18.6 Å². The zero-order valence-electron chi connectivity index (χ0n) is 34.7. The number of aliphatic hydroxyl groups is 1. The van der Waals surface area contributed by atoms with Crippen LogP contribution < -0.4 is 4.91 Å². The highest BCUT2D eigenvalue weighted by molar-refractivity contribution is 7.90. The lowest BCUT2D eigenvalue weighted by molar-refractivity contribution is 0.277. The van der Waals surface area contributed by atoms with Crippen LogP contribution in [0, 0.1) is 26.3 Å². The van der Waals surface area contributed by atoms with Gasteiger partial charge >= 0.3 is 0 Å². The quantitative estimate of drug-likeness (QED) is 0.0878. The highest BCUT2D eigenvalue weighted by Gasteiger charge is 2.23. The van der Waals surface area contributed by atoms with Crippen molar-refractivity contribution < 1.29 is 30.4 Å². The van der Waals surface area contributed by atoms with Gasteiger partial charge in [0.25, 0.3) is 30.1 Å². The van der Waals surface area contributed by atoms with E-state index in [0.29, 0.717) is 39.3 Å². The fourth-order valence-corrected chi connectivity index (χ4v) is 10.2. The average Bonchev–Trinajstić information content (AvgIpc) is 4.06. The molecule has 332 valence electrons. The monoisotopic (exact) mass is 953 g/mol. The minimum atomic E-state index is -3.73. The van der Waals surface area contributed by atoms with Crippen molar-refractivity contribution in [2.45, 2.75) is 54.5 Å². The van der Waals surface area contributed by atoms with E-state index >= 15 is 0 Å².